The van der Waals surface area contributed by atoms with Crippen molar-refractivity contribution in [2.24, 2.45) is 0 Å². The van der Waals surface area contributed by atoms with Gasteiger partial charge in [0.15, 0.2) is 0 Å². The van der Waals surface area contributed by atoms with E-state index in [0.29, 0.717) is 6.61 Å². The van der Waals surface area contributed by atoms with Crippen LogP contribution in [0.1, 0.15) is 18.9 Å². The molecule has 0 aromatic heterocycles. The molecule has 0 saturated carbocycles. The molecule has 3 nitrogen and oxygen atoms in total. The third-order valence-corrected chi connectivity index (χ3v) is 6.45. The minimum atomic E-state index is -2.51. The SMILES string of the molecule is CCC[Si](OC)(OC)OCc1cccc2ccccc12. The third-order valence-electron chi connectivity index (χ3n) is 3.51. The Bertz CT molecular complexity index is 547. The predicted molar refractivity (Wildman–Crippen MR) is 83.6 cm³/mol. The van der Waals surface area contributed by atoms with Crippen LogP contribution in [0.2, 0.25) is 6.04 Å². The number of hydrogen-bond acceptors (Lipinski definition) is 3. The first-order valence-electron chi connectivity index (χ1n) is 6.95. The molecule has 0 amide bonds. The second-order valence-corrected chi connectivity index (χ2v) is 7.74. The van der Waals surface area contributed by atoms with Crippen molar-refractivity contribution in [1.29, 1.82) is 0 Å². The van der Waals surface area contributed by atoms with Crippen LogP contribution in [0.3, 0.4) is 0 Å². The Kier molecular flexibility index (Phi) is 5.31. The zero-order valence-electron chi connectivity index (χ0n) is 12.4. The second kappa shape index (κ2) is 6.99. The minimum Gasteiger partial charge on any atom is -0.377 e. The summed E-state index contributed by atoms with van der Waals surface area (Å²) in [6.45, 7) is 2.64. The van der Waals surface area contributed by atoms with E-state index in [1.165, 1.54) is 16.3 Å². The van der Waals surface area contributed by atoms with Gasteiger partial charge in [-0.25, -0.2) is 0 Å². The fraction of sp³-hybridized carbons (Fsp3) is 0.375. The summed E-state index contributed by atoms with van der Waals surface area (Å²) in [5.74, 6) is 0. The average molecular weight is 290 g/mol. The van der Waals surface area contributed by atoms with Gasteiger partial charge in [-0.15, -0.1) is 0 Å². The molecule has 0 radical (unpaired) electrons. The van der Waals surface area contributed by atoms with Crippen molar-refractivity contribution in [3.05, 3.63) is 48.0 Å². The van der Waals surface area contributed by atoms with Crippen LogP contribution < -0.4 is 0 Å². The molecule has 108 valence electrons. The zero-order valence-corrected chi connectivity index (χ0v) is 13.4. The molecule has 0 aliphatic rings. The van der Waals surface area contributed by atoms with Gasteiger partial charge in [-0.05, 0) is 16.3 Å². The maximum atomic E-state index is 6.06. The molecule has 0 aliphatic carbocycles. The maximum absolute atomic E-state index is 6.06. The van der Waals surface area contributed by atoms with Crippen molar-refractivity contribution in [3.8, 4) is 0 Å². The van der Waals surface area contributed by atoms with Crippen LogP contribution in [0.15, 0.2) is 42.5 Å². The molecule has 2 aromatic rings. The molecule has 20 heavy (non-hydrogen) atoms. The van der Waals surface area contributed by atoms with Gasteiger partial charge >= 0.3 is 8.80 Å². The number of benzene rings is 2. The molecule has 2 rings (SSSR count). The van der Waals surface area contributed by atoms with E-state index >= 15 is 0 Å². The van der Waals surface area contributed by atoms with Crippen LogP contribution in [0.5, 0.6) is 0 Å². The normalized spacial score (nSPS) is 11.9. The third kappa shape index (κ3) is 3.27. The summed E-state index contributed by atoms with van der Waals surface area (Å²) >= 11 is 0. The van der Waals surface area contributed by atoms with Crippen LogP contribution in [0.25, 0.3) is 10.8 Å². The van der Waals surface area contributed by atoms with E-state index in [0.717, 1.165) is 12.5 Å². The second-order valence-electron chi connectivity index (χ2n) is 4.77. The van der Waals surface area contributed by atoms with Crippen molar-refractivity contribution in [2.45, 2.75) is 26.0 Å². The number of hydrogen-bond donors (Lipinski definition) is 0. The van der Waals surface area contributed by atoms with E-state index in [1.54, 1.807) is 14.2 Å². The fourth-order valence-electron chi connectivity index (χ4n) is 2.39. The molecule has 0 unspecified atom stereocenters. The van der Waals surface area contributed by atoms with E-state index in [9.17, 15) is 0 Å². The van der Waals surface area contributed by atoms with Crippen molar-refractivity contribution in [3.63, 3.8) is 0 Å². The highest BCUT2D eigenvalue weighted by Gasteiger charge is 2.37. The quantitative estimate of drug-likeness (QED) is 0.721. The summed E-state index contributed by atoms with van der Waals surface area (Å²) in [7, 11) is 0.837. The summed E-state index contributed by atoms with van der Waals surface area (Å²) in [4.78, 5) is 0. The summed E-state index contributed by atoms with van der Waals surface area (Å²) in [6.07, 6.45) is 0.990. The van der Waals surface area contributed by atoms with Gasteiger partial charge < -0.3 is 13.3 Å². The van der Waals surface area contributed by atoms with Gasteiger partial charge in [-0.3, -0.25) is 0 Å². The van der Waals surface area contributed by atoms with Gasteiger partial charge in [-0.2, -0.15) is 0 Å². The highest BCUT2D eigenvalue weighted by molar-refractivity contribution is 6.60. The Hall–Kier alpha value is -1.20. The van der Waals surface area contributed by atoms with Crippen molar-refractivity contribution >= 4 is 19.6 Å². The Morgan fingerprint density at radius 3 is 2.35 bits per heavy atom. The van der Waals surface area contributed by atoms with Gasteiger partial charge in [-0.1, -0.05) is 55.8 Å². The first-order chi connectivity index (χ1) is 9.74. The van der Waals surface area contributed by atoms with Crippen LogP contribution in [-0.2, 0) is 19.9 Å². The Morgan fingerprint density at radius 1 is 0.950 bits per heavy atom. The van der Waals surface area contributed by atoms with Crippen LogP contribution in [0, 0.1) is 0 Å². The standard InChI is InChI=1S/C16H22O3Si/c1-4-12-20(17-2,18-3)19-13-15-10-7-9-14-8-5-6-11-16(14)15/h5-11H,4,12-13H2,1-3H3. The molecule has 0 spiro atoms. The zero-order chi connectivity index (χ0) is 14.4. The lowest BCUT2D eigenvalue weighted by molar-refractivity contribution is 0.0915. The van der Waals surface area contributed by atoms with Gasteiger partial charge in [0, 0.05) is 20.3 Å². The summed E-state index contributed by atoms with van der Waals surface area (Å²) in [5, 5.41) is 2.45. The lowest BCUT2D eigenvalue weighted by Gasteiger charge is -2.26. The lowest BCUT2D eigenvalue weighted by atomic mass is 10.1. The van der Waals surface area contributed by atoms with Gasteiger partial charge in [0.25, 0.3) is 0 Å². The number of rotatable bonds is 7. The Morgan fingerprint density at radius 2 is 1.65 bits per heavy atom. The summed E-state index contributed by atoms with van der Waals surface area (Å²) in [5.41, 5.74) is 1.17. The van der Waals surface area contributed by atoms with E-state index in [-0.39, 0.29) is 0 Å². The molecule has 0 saturated heterocycles. The van der Waals surface area contributed by atoms with E-state index in [1.807, 2.05) is 6.07 Å². The van der Waals surface area contributed by atoms with Gasteiger partial charge in [0.1, 0.15) is 0 Å². The lowest BCUT2D eigenvalue weighted by Crippen LogP contribution is -2.43. The monoisotopic (exact) mass is 290 g/mol. The predicted octanol–water partition coefficient (Wildman–Crippen LogP) is 4.00. The molecule has 4 heteroatoms. The van der Waals surface area contributed by atoms with Crippen LogP contribution >= 0.6 is 0 Å². The molecule has 0 aliphatic heterocycles. The smallest absolute Gasteiger partial charge is 0.377 e. The molecular weight excluding hydrogens is 268 g/mol. The Balaban J connectivity index is 2.20. The first-order valence-corrected chi connectivity index (χ1v) is 8.88. The molecular formula is C16H22O3Si. The fourth-order valence-corrected chi connectivity index (χ4v) is 4.33. The molecule has 0 N–H and O–H groups in total. The molecule has 0 atom stereocenters. The summed E-state index contributed by atoms with van der Waals surface area (Å²) < 4.78 is 17.2. The topological polar surface area (TPSA) is 27.7 Å². The van der Waals surface area contributed by atoms with Crippen LogP contribution in [-0.4, -0.2) is 23.0 Å². The molecule has 2 aromatic carbocycles. The Labute approximate surface area is 121 Å². The maximum Gasteiger partial charge on any atom is 0.500 e. The van der Waals surface area contributed by atoms with Crippen molar-refractivity contribution < 1.29 is 13.3 Å². The van der Waals surface area contributed by atoms with E-state index in [4.69, 9.17) is 13.3 Å². The highest BCUT2D eigenvalue weighted by atomic mass is 28.4. The van der Waals surface area contributed by atoms with Gasteiger partial charge in [0.05, 0.1) is 6.61 Å². The minimum absolute atomic E-state index is 0.523. The van der Waals surface area contributed by atoms with Crippen molar-refractivity contribution in [1.82, 2.24) is 0 Å². The highest BCUT2D eigenvalue weighted by Crippen LogP contribution is 2.23. The van der Waals surface area contributed by atoms with E-state index < -0.39 is 8.80 Å². The van der Waals surface area contributed by atoms with Crippen molar-refractivity contribution in [2.75, 3.05) is 14.2 Å². The van der Waals surface area contributed by atoms with Crippen LogP contribution in [0.4, 0.5) is 0 Å². The molecule has 0 bridgehead atoms. The average Bonchev–Trinajstić information content (AvgIpc) is 2.51. The van der Waals surface area contributed by atoms with Gasteiger partial charge in [0.2, 0.25) is 0 Å². The molecule has 0 heterocycles. The summed E-state index contributed by atoms with van der Waals surface area (Å²) in [6, 6.07) is 15.4. The molecule has 0 fully saturated rings. The first kappa shape index (κ1) is 15.2. The number of fused-ring (bicyclic) bond motifs is 1. The largest absolute Gasteiger partial charge is 0.500 e. The van der Waals surface area contributed by atoms with E-state index in [2.05, 4.69) is 43.3 Å².